The summed E-state index contributed by atoms with van der Waals surface area (Å²) < 4.78 is 22.5. The van der Waals surface area contributed by atoms with Crippen LogP contribution in [0.5, 0.6) is 0 Å². The van der Waals surface area contributed by atoms with Crippen LogP contribution < -0.4 is 5.32 Å². The Balaban J connectivity index is 2.77. The lowest BCUT2D eigenvalue weighted by Gasteiger charge is -2.20. The molecule has 0 aliphatic carbocycles. The molecule has 0 radical (unpaired) electrons. The van der Waals surface area contributed by atoms with Gasteiger partial charge in [0.1, 0.15) is 6.04 Å². The minimum Gasteiger partial charge on any atom is -0.480 e. The minimum atomic E-state index is -3.31. The van der Waals surface area contributed by atoms with Gasteiger partial charge in [0.25, 0.3) is 0 Å². The molecule has 7 heteroatoms. The first-order valence-corrected chi connectivity index (χ1v) is 8.14. The lowest BCUT2D eigenvalue weighted by atomic mass is 10.1. The molecule has 1 rings (SSSR count). The zero-order valence-electron chi connectivity index (χ0n) is 11.6. The molecule has 0 spiro atoms. The van der Waals surface area contributed by atoms with Crippen LogP contribution in [0.4, 0.5) is 0 Å². The van der Waals surface area contributed by atoms with E-state index in [0.717, 1.165) is 0 Å². The van der Waals surface area contributed by atoms with Crippen molar-refractivity contribution in [3.05, 3.63) is 35.9 Å². The highest BCUT2D eigenvalue weighted by molar-refractivity contribution is 7.53. The molecule has 0 bridgehead atoms. The minimum absolute atomic E-state index is 0.152. The molecule has 0 heterocycles. The molecular formula is C13H20NO5P. The molecule has 6 nitrogen and oxygen atoms in total. The highest BCUT2D eigenvalue weighted by atomic mass is 31.2. The molecule has 112 valence electrons. The summed E-state index contributed by atoms with van der Waals surface area (Å²) in [7, 11) is -3.31. The fourth-order valence-corrected chi connectivity index (χ4v) is 3.17. The van der Waals surface area contributed by atoms with Gasteiger partial charge in [-0.3, -0.25) is 14.7 Å². The van der Waals surface area contributed by atoms with Gasteiger partial charge in [-0.15, -0.1) is 0 Å². The number of rotatable bonds is 9. The van der Waals surface area contributed by atoms with E-state index in [-0.39, 0.29) is 19.5 Å². The number of hydrogen-bond acceptors (Lipinski definition) is 5. The van der Waals surface area contributed by atoms with Crippen molar-refractivity contribution in [2.45, 2.75) is 19.9 Å². The molecule has 0 fully saturated rings. The lowest BCUT2D eigenvalue weighted by molar-refractivity contribution is -0.139. The van der Waals surface area contributed by atoms with E-state index in [1.54, 1.807) is 44.2 Å². The van der Waals surface area contributed by atoms with Gasteiger partial charge < -0.3 is 14.2 Å². The van der Waals surface area contributed by atoms with Gasteiger partial charge in [-0.1, -0.05) is 30.3 Å². The number of hydrogen-bond donors (Lipinski definition) is 2. The maximum atomic E-state index is 12.3. The fraction of sp³-hybridized carbons (Fsp3) is 0.462. The Morgan fingerprint density at radius 2 is 1.80 bits per heavy atom. The second-order valence-corrected chi connectivity index (χ2v) is 6.05. The van der Waals surface area contributed by atoms with Crippen molar-refractivity contribution in [1.82, 2.24) is 5.32 Å². The maximum absolute atomic E-state index is 12.3. The Labute approximate surface area is 118 Å². The predicted octanol–water partition coefficient (Wildman–Crippen LogP) is 2.63. The van der Waals surface area contributed by atoms with Crippen LogP contribution >= 0.6 is 7.60 Å². The lowest BCUT2D eigenvalue weighted by Crippen LogP contribution is -2.30. The number of carboxylic acid groups (broad SMARTS) is 1. The number of carbonyl (C=O) groups is 1. The highest BCUT2D eigenvalue weighted by Crippen LogP contribution is 2.47. The van der Waals surface area contributed by atoms with Gasteiger partial charge in [-0.05, 0) is 19.4 Å². The summed E-state index contributed by atoms with van der Waals surface area (Å²) in [5.74, 6) is -1.05. The van der Waals surface area contributed by atoms with E-state index in [0.29, 0.717) is 5.56 Å². The first kappa shape index (κ1) is 16.9. The van der Waals surface area contributed by atoms with E-state index in [1.165, 1.54) is 0 Å². The quantitative estimate of drug-likeness (QED) is 0.682. The van der Waals surface area contributed by atoms with Gasteiger partial charge in [-0.2, -0.15) is 0 Å². The van der Waals surface area contributed by atoms with Crippen molar-refractivity contribution in [2.75, 3.05) is 19.5 Å². The molecule has 0 aliphatic rings. The normalized spacial score (nSPS) is 13.1. The average Bonchev–Trinajstić information content (AvgIpc) is 2.40. The van der Waals surface area contributed by atoms with Crippen LogP contribution in [0.1, 0.15) is 25.5 Å². The van der Waals surface area contributed by atoms with Gasteiger partial charge in [0.2, 0.25) is 0 Å². The third-order valence-electron chi connectivity index (χ3n) is 2.52. The number of benzene rings is 1. The van der Waals surface area contributed by atoms with E-state index >= 15 is 0 Å². The Hall–Kier alpha value is -1.20. The number of aliphatic carboxylic acids is 1. The third kappa shape index (κ3) is 5.06. The molecule has 20 heavy (non-hydrogen) atoms. The Kier molecular flexibility index (Phi) is 6.88. The van der Waals surface area contributed by atoms with Crippen LogP contribution in [0.3, 0.4) is 0 Å². The summed E-state index contributed by atoms with van der Waals surface area (Å²) in [4.78, 5) is 11.3. The second kappa shape index (κ2) is 8.17. The van der Waals surface area contributed by atoms with Crippen molar-refractivity contribution in [3.8, 4) is 0 Å². The third-order valence-corrected chi connectivity index (χ3v) is 4.39. The zero-order chi connectivity index (χ0) is 15.0. The number of nitrogens with one attached hydrogen (secondary N) is 1. The molecule has 2 N–H and O–H groups in total. The van der Waals surface area contributed by atoms with E-state index < -0.39 is 19.6 Å². The standard InChI is InChI=1S/C13H20NO5P/c1-3-18-20(17,19-4-2)10-14-12(13(15)16)11-8-6-5-7-9-11/h5-9,12,14H,3-4,10H2,1-2H3,(H,15,16). The zero-order valence-corrected chi connectivity index (χ0v) is 12.5. The topological polar surface area (TPSA) is 84.9 Å². The number of carboxylic acids is 1. The van der Waals surface area contributed by atoms with Crippen molar-refractivity contribution in [2.24, 2.45) is 0 Å². The highest BCUT2D eigenvalue weighted by Gasteiger charge is 2.27. The van der Waals surface area contributed by atoms with Gasteiger partial charge in [0.15, 0.2) is 0 Å². The predicted molar refractivity (Wildman–Crippen MR) is 75.7 cm³/mol. The first-order chi connectivity index (χ1) is 9.52. The van der Waals surface area contributed by atoms with Crippen molar-refractivity contribution < 1.29 is 23.5 Å². The van der Waals surface area contributed by atoms with E-state index in [1.807, 2.05) is 0 Å². The van der Waals surface area contributed by atoms with Crippen molar-refractivity contribution >= 4 is 13.6 Å². The molecule has 1 unspecified atom stereocenters. The van der Waals surface area contributed by atoms with E-state index in [2.05, 4.69) is 5.32 Å². The van der Waals surface area contributed by atoms with E-state index in [9.17, 15) is 14.5 Å². The van der Waals surface area contributed by atoms with Crippen molar-refractivity contribution in [1.29, 1.82) is 0 Å². The summed E-state index contributed by atoms with van der Waals surface area (Å²) in [5.41, 5.74) is 0.583. The monoisotopic (exact) mass is 301 g/mol. The SMILES string of the molecule is CCOP(=O)(CNC(C(=O)O)c1ccccc1)OCC. The molecule has 0 aromatic heterocycles. The van der Waals surface area contributed by atoms with Crippen LogP contribution in [0, 0.1) is 0 Å². The first-order valence-electron chi connectivity index (χ1n) is 6.41. The summed E-state index contributed by atoms with van der Waals surface area (Å²) in [5, 5.41) is 12.0. The van der Waals surface area contributed by atoms with Crippen LogP contribution in [0.15, 0.2) is 30.3 Å². The van der Waals surface area contributed by atoms with Gasteiger partial charge >= 0.3 is 13.6 Å². The second-order valence-electron chi connectivity index (χ2n) is 3.99. The molecular weight excluding hydrogens is 281 g/mol. The Bertz CT molecular complexity index is 455. The molecule has 1 atom stereocenters. The fourth-order valence-electron chi connectivity index (χ4n) is 1.72. The summed E-state index contributed by atoms with van der Waals surface area (Å²) in [6.45, 7) is 3.89. The van der Waals surface area contributed by atoms with Crippen LogP contribution in [-0.4, -0.2) is 30.6 Å². The smallest absolute Gasteiger partial charge is 0.344 e. The summed E-state index contributed by atoms with van der Waals surface area (Å²) >= 11 is 0. The molecule has 0 saturated carbocycles. The van der Waals surface area contributed by atoms with Crippen molar-refractivity contribution in [3.63, 3.8) is 0 Å². The summed E-state index contributed by atoms with van der Waals surface area (Å²) in [6, 6.07) is 7.73. The van der Waals surface area contributed by atoms with E-state index in [4.69, 9.17) is 9.05 Å². The Morgan fingerprint density at radius 3 is 2.25 bits per heavy atom. The molecule has 1 aromatic carbocycles. The molecule has 0 saturated heterocycles. The maximum Gasteiger partial charge on any atom is 0.344 e. The summed E-state index contributed by atoms with van der Waals surface area (Å²) in [6.07, 6.45) is -0.152. The molecule has 0 amide bonds. The average molecular weight is 301 g/mol. The Morgan fingerprint density at radius 1 is 1.25 bits per heavy atom. The van der Waals surface area contributed by atoms with Gasteiger partial charge in [0, 0.05) is 0 Å². The molecule has 0 aliphatic heterocycles. The van der Waals surface area contributed by atoms with Gasteiger partial charge in [-0.25, -0.2) is 0 Å². The van der Waals surface area contributed by atoms with Crippen LogP contribution in [-0.2, 0) is 18.4 Å². The van der Waals surface area contributed by atoms with Gasteiger partial charge in [0.05, 0.1) is 19.5 Å². The van der Waals surface area contributed by atoms with Crippen LogP contribution in [0.2, 0.25) is 0 Å². The largest absolute Gasteiger partial charge is 0.480 e. The molecule has 1 aromatic rings. The van der Waals surface area contributed by atoms with Crippen LogP contribution in [0.25, 0.3) is 0 Å².